The molecule has 0 atom stereocenters. The van der Waals surface area contributed by atoms with Crippen molar-refractivity contribution in [1.29, 1.82) is 0 Å². The van der Waals surface area contributed by atoms with Gasteiger partial charge < -0.3 is 4.74 Å². The van der Waals surface area contributed by atoms with E-state index in [1.165, 1.54) is 19.2 Å². The van der Waals surface area contributed by atoms with E-state index in [-0.39, 0.29) is 10.7 Å². The molecule has 0 aromatic heterocycles. The summed E-state index contributed by atoms with van der Waals surface area (Å²) in [4.78, 5) is -0.212. The van der Waals surface area contributed by atoms with E-state index in [2.05, 4.69) is 0 Å². The number of benzene rings is 1. The van der Waals surface area contributed by atoms with Crippen molar-refractivity contribution in [3.63, 3.8) is 0 Å². The van der Waals surface area contributed by atoms with Crippen molar-refractivity contribution >= 4 is 24.6 Å². The molecule has 1 aliphatic rings. The molecule has 0 saturated carbocycles. The van der Waals surface area contributed by atoms with Crippen LogP contribution in [0.2, 0.25) is 0 Å². The summed E-state index contributed by atoms with van der Waals surface area (Å²) in [6.45, 7) is 0. The average Bonchev–Trinajstić information content (AvgIpc) is 2.45. The van der Waals surface area contributed by atoms with Crippen LogP contribution in [-0.4, -0.2) is 29.7 Å². The van der Waals surface area contributed by atoms with Gasteiger partial charge in [-0.3, -0.25) is 0 Å². The van der Waals surface area contributed by atoms with E-state index in [1.54, 1.807) is 12.1 Å². The molecule has 102 valence electrons. The molecule has 0 N–H and O–H groups in total. The molecule has 0 saturated heterocycles. The molecule has 7 heteroatoms. The predicted molar refractivity (Wildman–Crippen MR) is 72.8 cm³/mol. The van der Waals surface area contributed by atoms with Crippen LogP contribution < -0.4 is 4.74 Å². The summed E-state index contributed by atoms with van der Waals surface area (Å²) in [6, 6.07) is 6.28. The number of rotatable bonds is 2. The number of methoxy groups -OCH3 is 1. The van der Waals surface area contributed by atoms with Gasteiger partial charge in [-0.1, -0.05) is 18.2 Å². The van der Waals surface area contributed by atoms with E-state index in [0.29, 0.717) is 11.3 Å². The first-order valence-corrected chi connectivity index (χ1v) is 8.61. The van der Waals surface area contributed by atoms with Crippen molar-refractivity contribution in [3.05, 3.63) is 46.7 Å². The van der Waals surface area contributed by atoms with Gasteiger partial charge in [-0.05, 0) is 17.7 Å². The first-order valence-electron chi connectivity index (χ1n) is 5.34. The minimum absolute atomic E-state index is 0.212. The quantitative estimate of drug-likeness (QED) is 0.824. The summed E-state index contributed by atoms with van der Waals surface area (Å²) in [5.41, 5.74) is 0.298. The van der Waals surface area contributed by atoms with Crippen LogP contribution in [0.5, 0.6) is 5.75 Å². The molecule has 0 radical (unpaired) electrons. The van der Waals surface area contributed by atoms with E-state index in [4.69, 9.17) is 4.74 Å². The zero-order chi connectivity index (χ0) is 14.1. The molecule has 2 rings (SSSR count). The fourth-order valence-corrected chi connectivity index (χ4v) is 4.68. The Bertz CT molecular complexity index is 755. The lowest BCUT2D eigenvalue weighted by Crippen LogP contribution is -2.06. The van der Waals surface area contributed by atoms with Crippen LogP contribution >= 0.6 is 0 Å². The average molecular weight is 300 g/mol. The minimum atomic E-state index is -3.67. The highest BCUT2D eigenvalue weighted by atomic mass is 32.2. The van der Waals surface area contributed by atoms with E-state index in [9.17, 15) is 16.8 Å². The second kappa shape index (κ2) is 4.82. The molecule has 1 aromatic rings. The van der Waals surface area contributed by atoms with Crippen LogP contribution in [0, 0.1) is 0 Å². The SMILES string of the molecule is COc1cccc(C2=CS(=O)(=O)C=CCS2(=O)=O)c1. The largest absolute Gasteiger partial charge is 0.497 e. The highest BCUT2D eigenvalue weighted by molar-refractivity contribution is 8.04. The van der Waals surface area contributed by atoms with Gasteiger partial charge in [0.05, 0.1) is 23.2 Å². The third-order valence-electron chi connectivity index (χ3n) is 2.56. The molecule has 1 aliphatic heterocycles. The van der Waals surface area contributed by atoms with Crippen molar-refractivity contribution in [2.24, 2.45) is 0 Å². The van der Waals surface area contributed by atoms with Gasteiger partial charge in [-0.15, -0.1) is 0 Å². The van der Waals surface area contributed by atoms with Crippen molar-refractivity contribution in [3.8, 4) is 5.75 Å². The van der Waals surface area contributed by atoms with Crippen LogP contribution in [-0.2, 0) is 19.7 Å². The van der Waals surface area contributed by atoms with Crippen LogP contribution in [0.3, 0.4) is 0 Å². The van der Waals surface area contributed by atoms with Crippen molar-refractivity contribution in [2.45, 2.75) is 0 Å². The standard InChI is InChI=1S/C12H12O5S2/c1-17-11-5-2-4-10(8-11)12-9-18(13,14)6-3-7-19(12,15)16/h2-6,8-9H,7H2,1H3. The molecule has 0 aliphatic carbocycles. The summed E-state index contributed by atoms with van der Waals surface area (Å²) < 4.78 is 52.4. The highest BCUT2D eigenvalue weighted by Crippen LogP contribution is 2.28. The van der Waals surface area contributed by atoms with Gasteiger partial charge >= 0.3 is 0 Å². The summed E-state index contributed by atoms with van der Waals surface area (Å²) in [5, 5.41) is 1.68. The smallest absolute Gasteiger partial charge is 0.194 e. The Labute approximate surface area is 112 Å². The van der Waals surface area contributed by atoms with Gasteiger partial charge in [-0.2, -0.15) is 0 Å². The van der Waals surface area contributed by atoms with E-state index in [1.807, 2.05) is 0 Å². The molecule has 0 amide bonds. The molecule has 1 heterocycles. The lowest BCUT2D eigenvalue weighted by atomic mass is 10.2. The Morgan fingerprint density at radius 1 is 1.16 bits per heavy atom. The number of sulfone groups is 2. The summed E-state index contributed by atoms with van der Waals surface area (Å²) in [5.74, 6) is 0.123. The third-order valence-corrected chi connectivity index (χ3v) is 5.50. The van der Waals surface area contributed by atoms with Crippen LogP contribution in [0.15, 0.2) is 41.2 Å². The van der Waals surface area contributed by atoms with Crippen LogP contribution in [0.4, 0.5) is 0 Å². The molecule has 1 aromatic carbocycles. The summed E-state index contributed by atoms with van der Waals surface area (Å²) >= 11 is 0. The Morgan fingerprint density at radius 3 is 2.58 bits per heavy atom. The lowest BCUT2D eigenvalue weighted by molar-refractivity contribution is 0.414. The van der Waals surface area contributed by atoms with E-state index < -0.39 is 19.7 Å². The van der Waals surface area contributed by atoms with Gasteiger partial charge in [0.25, 0.3) is 0 Å². The Morgan fingerprint density at radius 2 is 1.89 bits per heavy atom. The predicted octanol–water partition coefficient (Wildman–Crippen LogP) is 1.35. The maximum atomic E-state index is 12.1. The molecule has 0 unspecified atom stereocenters. The minimum Gasteiger partial charge on any atom is -0.497 e. The topological polar surface area (TPSA) is 77.5 Å². The second-order valence-corrected chi connectivity index (χ2v) is 7.64. The molecule has 5 nitrogen and oxygen atoms in total. The lowest BCUT2D eigenvalue weighted by Gasteiger charge is -2.08. The monoisotopic (exact) mass is 300 g/mol. The Balaban J connectivity index is 2.67. The fourth-order valence-electron chi connectivity index (χ4n) is 1.68. The van der Waals surface area contributed by atoms with Crippen LogP contribution in [0.1, 0.15) is 5.56 Å². The molecular weight excluding hydrogens is 288 g/mol. The first-order chi connectivity index (χ1) is 8.84. The number of ether oxygens (including phenoxy) is 1. The van der Waals surface area contributed by atoms with Gasteiger partial charge in [0.15, 0.2) is 19.7 Å². The third kappa shape index (κ3) is 3.05. The maximum absolute atomic E-state index is 12.1. The zero-order valence-corrected chi connectivity index (χ0v) is 11.7. The van der Waals surface area contributed by atoms with Crippen LogP contribution in [0.25, 0.3) is 4.91 Å². The highest BCUT2D eigenvalue weighted by Gasteiger charge is 2.24. The normalized spacial score (nSPS) is 20.4. The van der Waals surface area contributed by atoms with E-state index >= 15 is 0 Å². The van der Waals surface area contributed by atoms with E-state index in [0.717, 1.165) is 16.9 Å². The van der Waals surface area contributed by atoms with Gasteiger partial charge in [0.2, 0.25) is 0 Å². The fraction of sp³-hybridized carbons (Fsp3) is 0.167. The molecular formula is C12H12O5S2. The maximum Gasteiger partial charge on any atom is 0.194 e. The Hall–Kier alpha value is -1.60. The molecule has 19 heavy (non-hydrogen) atoms. The van der Waals surface area contributed by atoms with Gasteiger partial charge in [0.1, 0.15) is 5.75 Å². The summed E-state index contributed by atoms with van der Waals surface area (Å²) in [7, 11) is -5.89. The molecule has 0 bridgehead atoms. The Kier molecular flexibility index (Phi) is 3.51. The first kappa shape index (κ1) is 13.8. The number of hydrogen-bond acceptors (Lipinski definition) is 5. The molecule has 0 fully saturated rings. The van der Waals surface area contributed by atoms with Crippen molar-refractivity contribution in [2.75, 3.05) is 12.9 Å². The molecule has 0 spiro atoms. The zero-order valence-electron chi connectivity index (χ0n) is 10.1. The van der Waals surface area contributed by atoms with Crippen molar-refractivity contribution < 1.29 is 21.6 Å². The number of hydrogen-bond donors (Lipinski definition) is 0. The van der Waals surface area contributed by atoms with Gasteiger partial charge in [0, 0.05) is 5.41 Å². The van der Waals surface area contributed by atoms with Crippen molar-refractivity contribution in [1.82, 2.24) is 0 Å². The summed E-state index contributed by atoms with van der Waals surface area (Å²) in [6.07, 6.45) is 1.13. The van der Waals surface area contributed by atoms with Gasteiger partial charge in [-0.25, -0.2) is 16.8 Å². The second-order valence-electron chi connectivity index (χ2n) is 3.96.